The van der Waals surface area contributed by atoms with Gasteiger partial charge in [0.15, 0.2) is 11.5 Å². The Kier molecular flexibility index (Phi) is 9.00. The van der Waals surface area contributed by atoms with Gasteiger partial charge in [-0.2, -0.15) is 0 Å². The molecule has 5 rings (SSSR count). The Labute approximate surface area is 233 Å². The molecular weight excluding hydrogens is 482 g/mol. The van der Waals surface area contributed by atoms with Crippen LogP contribution in [0.25, 0.3) is 22.6 Å². The second-order valence-corrected chi connectivity index (χ2v) is 10.4. The molecule has 4 aromatic rings. The molecule has 0 radical (unpaired) electrons. The monoisotopic (exact) mass is 523 g/mol. The first-order chi connectivity index (χ1) is 19.2. The van der Waals surface area contributed by atoms with Crippen molar-refractivity contribution < 1.29 is 9.47 Å². The van der Waals surface area contributed by atoms with Crippen molar-refractivity contribution in [3.8, 4) is 34.1 Å². The molecule has 1 atom stereocenters. The minimum absolute atomic E-state index is 0.168. The summed E-state index contributed by atoms with van der Waals surface area (Å²) in [6.07, 6.45) is 4.55. The topological polar surface area (TPSA) is 39.5 Å². The molecule has 0 aliphatic carbocycles. The molecule has 0 N–H and O–H groups in total. The van der Waals surface area contributed by atoms with Crippen molar-refractivity contribution in [1.82, 2.24) is 14.5 Å². The summed E-state index contributed by atoms with van der Waals surface area (Å²) in [6, 6.07) is 27.9. The van der Waals surface area contributed by atoms with Crippen LogP contribution in [0.2, 0.25) is 0 Å². The van der Waals surface area contributed by atoms with Crippen molar-refractivity contribution in [3.05, 3.63) is 90.1 Å². The van der Waals surface area contributed by atoms with Crippen molar-refractivity contribution in [2.45, 2.75) is 65.6 Å². The lowest BCUT2D eigenvalue weighted by atomic mass is 10.0. The number of aromatic nitrogens is 2. The van der Waals surface area contributed by atoms with Crippen LogP contribution >= 0.6 is 0 Å². The van der Waals surface area contributed by atoms with Crippen LogP contribution in [0.3, 0.4) is 0 Å². The van der Waals surface area contributed by atoms with Gasteiger partial charge in [-0.05, 0) is 44.0 Å². The van der Waals surface area contributed by atoms with E-state index in [1.165, 1.54) is 16.8 Å². The first kappa shape index (κ1) is 27.0. The van der Waals surface area contributed by atoms with Crippen molar-refractivity contribution >= 4 is 0 Å². The molecule has 3 aromatic carbocycles. The van der Waals surface area contributed by atoms with Crippen LogP contribution in [0, 0.1) is 0 Å². The van der Waals surface area contributed by atoms with E-state index in [4.69, 9.17) is 14.5 Å². The number of unbranched alkanes of at least 4 members (excludes halogenated alkanes) is 2. The zero-order chi connectivity index (χ0) is 27.0. The molecule has 1 aliphatic rings. The van der Waals surface area contributed by atoms with Gasteiger partial charge in [0, 0.05) is 30.3 Å². The Morgan fingerprint density at radius 3 is 2.18 bits per heavy atom. The lowest BCUT2D eigenvalue weighted by molar-refractivity contribution is 0.169. The first-order valence-electron chi connectivity index (χ1n) is 14.5. The van der Waals surface area contributed by atoms with Crippen molar-refractivity contribution in [3.63, 3.8) is 0 Å². The van der Waals surface area contributed by atoms with Crippen LogP contribution in [0.1, 0.15) is 63.8 Å². The maximum Gasteiger partial charge on any atom is 0.161 e. The Morgan fingerprint density at radius 2 is 1.49 bits per heavy atom. The number of fused-ring (bicyclic) bond motifs is 1. The zero-order valence-corrected chi connectivity index (χ0v) is 23.6. The molecular formula is C34H41N3O2. The molecule has 2 heterocycles. The summed E-state index contributed by atoms with van der Waals surface area (Å²) in [5.41, 5.74) is 5.95. The second-order valence-electron chi connectivity index (χ2n) is 10.4. The van der Waals surface area contributed by atoms with Gasteiger partial charge in [-0.15, -0.1) is 0 Å². The normalized spacial score (nSPS) is 13.5. The predicted molar refractivity (Wildman–Crippen MR) is 159 cm³/mol. The van der Waals surface area contributed by atoms with E-state index in [0.29, 0.717) is 13.2 Å². The molecule has 0 saturated heterocycles. The molecule has 0 saturated carbocycles. The van der Waals surface area contributed by atoms with E-state index in [2.05, 4.69) is 109 Å². The number of ether oxygens (including phenoxy) is 2. The standard InChI is InChI=1S/C34H41N3O2/c1-4-6-20-36(25-27-18-19-30-31(24-27)39-23-22-38-30)26(3)33-32(28-14-10-8-11-15-28)35-34(37(33)21-7-5-2)29-16-12-9-13-17-29/h8-19,24,26H,4-7,20-23,25H2,1-3H3/t26-/m1/s1. The lowest BCUT2D eigenvalue weighted by Gasteiger charge is -2.31. The summed E-state index contributed by atoms with van der Waals surface area (Å²) in [5, 5.41) is 0. The summed E-state index contributed by atoms with van der Waals surface area (Å²) in [7, 11) is 0. The minimum atomic E-state index is 0.168. The Morgan fingerprint density at radius 1 is 0.821 bits per heavy atom. The second kappa shape index (κ2) is 13.0. The first-order valence-corrected chi connectivity index (χ1v) is 14.5. The molecule has 5 nitrogen and oxygen atoms in total. The maximum absolute atomic E-state index is 5.91. The average Bonchev–Trinajstić information content (AvgIpc) is 3.38. The number of hydrogen-bond acceptors (Lipinski definition) is 4. The highest BCUT2D eigenvalue weighted by atomic mass is 16.6. The maximum atomic E-state index is 5.91. The van der Waals surface area contributed by atoms with E-state index in [1.807, 2.05) is 0 Å². The average molecular weight is 524 g/mol. The van der Waals surface area contributed by atoms with Crippen molar-refractivity contribution in [1.29, 1.82) is 0 Å². The highest BCUT2D eigenvalue weighted by Crippen LogP contribution is 2.37. The number of benzene rings is 3. The Hall–Kier alpha value is -3.57. The summed E-state index contributed by atoms with van der Waals surface area (Å²) in [5.74, 6) is 2.75. The molecule has 0 spiro atoms. The van der Waals surface area contributed by atoms with E-state index >= 15 is 0 Å². The molecule has 0 fully saturated rings. The van der Waals surface area contributed by atoms with Crippen LogP contribution in [0.15, 0.2) is 78.9 Å². The third kappa shape index (κ3) is 6.20. The van der Waals surface area contributed by atoms with Gasteiger partial charge >= 0.3 is 0 Å². The van der Waals surface area contributed by atoms with E-state index in [1.54, 1.807) is 0 Å². The molecule has 1 aliphatic heterocycles. The molecule has 204 valence electrons. The Balaban J connectivity index is 1.59. The van der Waals surface area contributed by atoms with Crippen LogP contribution in [-0.2, 0) is 13.1 Å². The molecule has 5 heteroatoms. The van der Waals surface area contributed by atoms with Crippen LogP contribution in [-0.4, -0.2) is 34.2 Å². The molecule has 0 bridgehead atoms. The van der Waals surface area contributed by atoms with E-state index in [9.17, 15) is 0 Å². The van der Waals surface area contributed by atoms with Gasteiger partial charge in [0.2, 0.25) is 0 Å². The molecule has 39 heavy (non-hydrogen) atoms. The van der Waals surface area contributed by atoms with Gasteiger partial charge < -0.3 is 14.0 Å². The van der Waals surface area contributed by atoms with E-state index in [-0.39, 0.29) is 6.04 Å². The van der Waals surface area contributed by atoms with Crippen LogP contribution < -0.4 is 9.47 Å². The summed E-state index contributed by atoms with van der Waals surface area (Å²) in [4.78, 5) is 7.96. The Bertz CT molecular complexity index is 1330. The van der Waals surface area contributed by atoms with Gasteiger partial charge in [-0.1, -0.05) is 93.4 Å². The number of hydrogen-bond donors (Lipinski definition) is 0. The van der Waals surface area contributed by atoms with Crippen LogP contribution in [0.5, 0.6) is 11.5 Å². The number of imidazole rings is 1. The summed E-state index contributed by atoms with van der Waals surface area (Å²) in [6.45, 7) is 10.9. The quantitative estimate of drug-likeness (QED) is 0.188. The van der Waals surface area contributed by atoms with Crippen molar-refractivity contribution in [2.24, 2.45) is 0 Å². The molecule has 0 unspecified atom stereocenters. The fraction of sp³-hybridized carbons (Fsp3) is 0.382. The van der Waals surface area contributed by atoms with E-state index < -0.39 is 0 Å². The van der Waals surface area contributed by atoms with Gasteiger partial charge in [0.05, 0.1) is 11.4 Å². The van der Waals surface area contributed by atoms with Crippen LogP contribution in [0.4, 0.5) is 0 Å². The van der Waals surface area contributed by atoms with Gasteiger partial charge in [-0.3, -0.25) is 4.90 Å². The molecule has 0 amide bonds. The SMILES string of the molecule is CCCCN(Cc1ccc2c(c1)OCCO2)[C@H](C)c1c(-c2ccccc2)nc(-c2ccccc2)n1CCCC. The predicted octanol–water partition coefficient (Wildman–Crippen LogP) is 8.15. The van der Waals surface area contributed by atoms with Crippen molar-refractivity contribution in [2.75, 3.05) is 19.8 Å². The zero-order valence-electron chi connectivity index (χ0n) is 23.6. The van der Waals surface area contributed by atoms with Gasteiger partial charge in [0.25, 0.3) is 0 Å². The molecule has 1 aromatic heterocycles. The fourth-order valence-corrected chi connectivity index (χ4v) is 5.41. The van der Waals surface area contributed by atoms with Gasteiger partial charge in [0.1, 0.15) is 19.0 Å². The lowest BCUT2D eigenvalue weighted by Crippen LogP contribution is -2.30. The van der Waals surface area contributed by atoms with E-state index in [0.717, 1.165) is 73.9 Å². The highest BCUT2D eigenvalue weighted by molar-refractivity contribution is 5.69. The smallest absolute Gasteiger partial charge is 0.161 e. The number of rotatable bonds is 12. The number of nitrogens with zero attached hydrogens (tertiary/aromatic N) is 3. The summed E-state index contributed by atoms with van der Waals surface area (Å²) >= 11 is 0. The minimum Gasteiger partial charge on any atom is -0.486 e. The third-order valence-corrected chi connectivity index (χ3v) is 7.56. The highest BCUT2D eigenvalue weighted by Gasteiger charge is 2.27. The van der Waals surface area contributed by atoms with Gasteiger partial charge in [-0.25, -0.2) is 4.98 Å². The summed E-state index contributed by atoms with van der Waals surface area (Å²) < 4.78 is 14.2. The third-order valence-electron chi connectivity index (χ3n) is 7.56. The largest absolute Gasteiger partial charge is 0.486 e. The fourth-order valence-electron chi connectivity index (χ4n) is 5.41.